The Kier molecular flexibility index (Phi) is 3.98. The molecule has 0 bridgehead atoms. The number of hydrogen-bond donors (Lipinski definition) is 1. The van der Waals surface area contributed by atoms with Gasteiger partial charge < -0.3 is 9.88 Å². The monoisotopic (exact) mass is 264 g/mol. The Balaban J connectivity index is 2.54. The van der Waals surface area contributed by atoms with Crippen LogP contribution in [0.1, 0.15) is 32.5 Å². The van der Waals surface area contributed by atoms with Gasteiger partial charge in [0.1, 0.15) is 0 Å². The molecule has 0 saturated carbocycles. The second-order valence-electron chi connectivity index (χ2n) is 5.20. The Bertz CT molecular complexity index is 543. The second-order valence-corrected chi connectivity index (χ2v) is 5.63. The molecule has 18 heavy (non-hydrogen) atoms. The molecule has 3 heteroatoms. The minimum atomic E-state index is 0.461. The zero-order chi connectivity index (χ0) is 13.3. The molecule has 0 amide bonds. The summed E-state index contributed by atoms with van der Waals surface area (Å²) in [5, 5.41) is 5.33. The number of fused-ring (bicyclic) bond motifs is 1. The van der Waals surface area contributed by atoms with Crippen LogP contribution in [0.25, 0.3) is 10.9 Å². The average Bonchev–Trinajstić information content (AvgIpc) is 2.65. The molecular weight excluding hydrogens is 244 g/mol. The molecule has 1 heterocycles. The van der Waals surface area contributed by atoms with Gasteiger partial charge in [0, 0.05) is 40.1 Å². The highest BCUT2D eigenvalue weighted by molar-refractivity contribution is 6.31. The molecule has 1 unspecified atom stereocenters. The van der Waals surface area contributed by atoms with Gasteiger partial charge in [0.15, 0.2) is 0 Å². The number of nitrogens with zero attached hydrogens (tertiary/aromatic N) is 1. The maximum atomic E-state index is 6.07. The third-order valence-electron chi connectivity index (χ3n) is 3.41. The maximum Gasteiger partial charge on any atom is 0.0485 e. The zero-order valence-electron chi connectivity index (χ0n) is 11.5. The highest BCUT2D eigenvalue weighted by atomic mass is 35.5. The van der Waals surface area contributed by atoms with Crippen molar-refractivity contribution in [2.75, 3.05) is 7.05 Å². The van der Waals surface area contributed by atoms with Crippen LogP contribution in [0.5, 0.6) is 0 Å². The molecule has 0 radical (unpaired) electrons. The highest BCUT2D eigenvalue weighted by Crippen LogP contribution is 2.27. The van der Waals surface area contributed by atoms with E-state index in [1.807, 2.05) is 19.2 Å². The summed E-state index contributed by atoms with van der Waals surface area (Å²) in [5.74, 6) is 0. The summed E-state index contributed by atoms with van der Waals surface area (Å²) in [6.45, 7) is 6.65. The molecule has 0 saturated heterocycles. The Morgan fingerprint density at radius 2 is 1.94 bits per heavy atom. The van der Waals surface area contributed by atoms with Crippen molar-refractivity contribution >= 4 is 22.5 Å². The van der Waals surface area contributed by atoms with E-state index in [0.717, 1.165) is 11.4 Å². The van der Waals surface area contributed by atoms with Gasteiger partial charge in [-0.1, -0.05) is 11.6 Å². The summed E-state index contributed by atoms with van der Waals surface area (Å²) < 4.78 is 2.40. The fraction of sp³-hybridized carbons (Fsp3) is 0.467. The molecule has 0 spiro atoms. The van der Waals surface area contributed by atoms with Gasteiger partial charge in [0.05, 0.1) is 0 Å². The molecule has 1 aromatic heterocycles. The number of hydrogen-bond acceptors (Lipinski definition) is 1. The third-order valence-corrected chi connectivity index (χ3v) is 3.64. The van der Waals surface area contributed by atoms with Crippen LogP contribution in [-0.2, 0) is 6.42 Å². The largest absolute Gasteiger partial charge is 0.342 e. The summed E-state index contributed by atoms with van der Waals surface area (Å²) in [4.78, 5) is 0. The molecule has 2 rings (SSSR count). The standard InChI is InChI=1S/C15H21ClN2/c1-10(2)18-14(7-11(3)17-4)9-12-8-13(16)5-6-15(12)18/h5-6,8-11,17H,7H2,1-4H3. The molecule has 98 valence electrons. The van der Waals surface area contributed by atoms with Crippen LogP contribution >= 0.6 is 11.6 Å². The number of nitrogens with one attached hydrogen (secondary N) is 1. The molecule has 2 nitrogen and oxygen atoms in total. The van der Waals surface area contributed by atoms with Crippen LogP contribution in [0.2, 0.25) is 5.02 Å². The lowest BCUT2D eigenvalue weighted by molar-refractivity contribution is 0.545. The van der Waals surface area contributed by atoms with Crippen LogP contribution in [-0.4, -0.2) is 17.7 Å². The second kappa shape index (κ2) is 5.33. The maximum absolute atomic E-state index is 6.07. The Hall–Kier alpha value is -0.990. The molecule has 2 aromatic rings. The summed E-state index contributed by atoms with van der Waals surface area (Å²) in [6.07, 6.45) is 1.03. The van der Waals surface area contributed by atoms with Crippen molar-refractivity contribution in [3.63, 3.8) is 0 Å². The van der Waals surface area contributed by atoms with Crippen molar-refractivity contribution in [1.29, 1.82) is 0 Å². The quantitative estimate of drug-likeness (QED) is 0.882. The first-order valence-corrected chi connectivity index (χ1v) is 6.87. The molecular formula is C15H21ClN2. The lowest BCUT2D eigenvalue weighted by atomic mass is 10.1. The Labute approximate surface area is 114 Å². The molecule has 1 aromatic carbocycles. The summed E-state index contributed by atoms with van der Waals surface area (Å²) in [7, 11) is 2.00. The van der Waals surface area contributed by atoms with Gasteiger partial charge in [0.25, 0.3) is 0 Å². The van der Waals surface area contributed by atoms with Gasteiger partial charge in [-0.2, -0.15) is 0 Å². The van der Waals surface area contributed by atoms with Crippen molar-refractivity contribution in [3.05, 3.63) is 35.0 Å². The molecule has 0 aliphatic carbocycles. The van der Waals surface area contributed by atoms with Crippen LogP contribution in [0.3, 0.4) is 0 Å². The number of halogens is 1. The van der Waals surface area contributed by atoms with Crippen LogP contribution in [0.4, 0.5) is 0 Å². The Morgan fingerprint density at radius 3 is 2.56 bits per heavy atom. The lowest BCUT2D eigenvalue weighted by Gasteiger charge is -2.17. The van der Waals surface area contributed by atoms with Crippen LogP contribution < -0.4 is 5.32 Å². The minimum Gasteiger partial charge on any atom is -0.342 e. The van der Waals surface area contributed by atoms with Crippen molar-refractivity contribution in [2.24, 2.45) is 0 Å². The van der Waals surface area contributed by atoms with E-state index in [4.69, 9.17) is 11.6 Å². The van der Waals surface area contributed by atoms with E-state index in [-0.39, 0.29) is 0 Å². The number of benzene rings is 1. The van der Waals surface area contributed by atoms with Crippen LogP contribution in [0.15, 0.2) is 24.3 Å². The lowest BCUT2D eigenvalue weighted by Crippen LogP contribution is -2.25. The zero-order valence-corrected chi connectivity index (χ0v) is 12.3. The molecule has 0 aliphatic rings. The summed E-state index contributed by atoms with van der Waals surface area (Å²) in [5.41, 5.74) is 2.64. The van der Waals surface area contributed by atoms with Gasteiger partial charge >= 0.3 is 0 Å². The van der Waals surface area contributed by atoms with E-state index < -0.39 is 0 Å². The van der Waals surface area contributed by atoms with Gasteiger partial charge in [-0.3, -0.25) is 0 Å². The molecule has 1 atom stereocenters. The smallest absolute Gasteiger partial charge is 0.0485 e. The van der Waals surface area contributed by atoms with E-state index in [0.29, 0.717) is 12.1 Å². The van der Waals surface area contributed by atoms with Crippen molar-refractivity contribution in [1.82, 2.24) is 9.88 Å². The first-order valence-electron chi connectivity index (χ1n) is 6.49. The van der Waals surface area contributed by atoms with E-state index in [1.54, 1.807) is 0 Å². The summed E-state index contributed by atoms with van der Waals surface area (Å²) in [6, 6.07) is 9.32. The highest BCUT2D eigenvalue weighted by Gasteiger charge is 2.13. The SMILES string of the molecule is CNC(C)Cc1cc2cc(Cl)ccc2n1C(C)C. The molecule has 0 aliphatic heterocycles. The van der Waals surface area contributed by atoms with E-state index in [2.05, 4.69) is 42.8 Å². The van der Waals surface area contributed by atoms with E-state index >= 15 is 0 Å². The number of aromatic nitrogens is 1. The normalized spacial score (nSPS) is 13.4. The topological polar surface area (TPSA) is 17.0 Å². The predicted molar refractivity (Wildman–Crippen MR) is 79.6 cm³/mol. The van der Waals surface area contributed by atoms with Crippen molar-refractivity contribution < 1.29 is 0 Å². The van der Waals surface area contributed by atoms with Gasteiger partial charge in [-0.25, -0.2) is 0 Å². The number of rotatable bonds is 4. The van der Waals surface area contributed by atoms with Gasteiger partial charge in [0.2, 0.25) is 0 Å². The van der Waals surface area contributed by atoms with Crippen molar-refractivity contribution in [2.45, 2.75) is 39.3 Å². The van der Waals surface area contributed by atoms with Gasteiger partial charge in [-0.15, -0.1) is 0 Å². The third kappa shape index (κ3) is 2.55. The first kappa shape index (κ1) is 13.4. The Morgan fingerprint density at radius 1 is 1.22 bits per heavy atom. The molecule has 1 N–H and O–H groups in total. The minimum absolute atomic E-state index is 0.461. The number of likely N-dealkylation sites (N-methyl/N-ethyl adjacent to an activating group) is 1. The van der Waals surface area contributed by atoms with Crippen LogP contribution in [0, 0.1) is 0 Å². The van der Waals surface area contributed by atoms with Crippen molar-refractivity contribution in [3.8, 4) is 0 Å². The molecule has 0 fully saturated rings. The predicted octanol–water partition coefficient (Wildman–Crippen LogP) is 4.03. The summed E-state index contributed by atoms with van der Waals surface area (Å²) >= 11 is 6.07. The fourth-order valence-corrected chi connectivity index (χ4v) is 2.63. The fourth-order valence-electron chi connectivity index (χ4n) is 2.45. The average molecular weight is 265 g/mol. The first-order chi connectivity index (χ1) is 8.52. The van der Waals surface area contributed by atoms with Gasteiger partial charge in [-0.05, 0) is 52.1 Å². The van der Waals surface area contributed by atoms with E-state index in [9.17, 15) is 0 Å². The van der Waals surface area contributed by atoms with E-state index in [1.165, 1.54) is 16.6 Å².